The van der Waals surface area contributed by atoms with Gasteiger partial charge in [-0.2, -0.15) is 0 Å². The minimum Gasteiger partial charge on any atom is -0.506 e. The lowest BCUT2D eigenvalue weighted by atomic mass is 9.77. The first-order valence-electron chi connectivity index (χ1n) is 18.5. The van der Waals surface area contributed by atoms with Crippen molar-refractivity contribution < 1.29 is 9.84 Å². The lowest BCUT2D eigenvalue weighted by Crippen LogP contribution is -2.49. The van der Waals surface area contributed by atoms with E-state index in [-0.39, 0.29) is 28.7 Å². The zero-order chi connectivity index (χ0) is 35.4. The van der Waals surface area contributed by atoms with Gasteiger partial charge in [-0.15, -0.1) is 0 Å². The van der Waals surface area contributed by atoms with Crippen LogP contribution in [0.2, 0.25) is 0 Å². The van der Waals surface area contributed by atoms with Gasteiger partial charge in [0.25, 0.3) is 0 Å². The van der Waals surface area contributed by atoms with Crippen LogP contribution in [0, 0.1) is 5.41 Å². The first-order chi connectivity index (χ1) is 23.0. The van der Waals surface area contributed by atoms with Crippen molar-refractivity contribution in [2.45, 2.75) is 137 Å². The third kappa shape index (κ3) is 6.83. The summed E-state index contributed by atoms with van der Waals surface area (Å²) in [6.07, 6.45) is 4.74. The van der Waals surface area contributed by atoms with Gasteiger partial charge < -0.3 is 14.7 Å². The number of aliphatic imine (C=N–C) groups is 1. The second-order valence-corrected chi connectivity index (χ2v) is 17.2. The summed E-state index contributed by atoms with van der Waals surface area (Å²) in [6, 6.07) is 21.8. The summed E-state index contributed by atoms with van der Waals surface area (Å²) in [4.78, 5) is 13.1. The largest absolute Gasteiger partial charge is 0.506 e. The van der Waals surface area contributed by atoms with Crippen molar-refractivity contribution in [3.05, 3.63) is 88.5 Å². The topological polar surface area (TPSA) is 58.0 Å². The second kappa shape index (κ2) is 13.1. The van der Waals surface area contributed by atoms with Gasteiger partial charge in [-0.1, -0.05) is 107 Å². The number of phenolic OH excluding ortho intramolecular Hbond substituents is 1. The van der Waals surface area contributed by atoms with Crippen molar-refractivity contribution >= 4 is 22.4 Å². The van der Waals surface area contributed by atoms with E-state index in [0.29, 0.717) is 29.2 Å². The number of para-hydroxylation sites is 1. The summed E-state index contributed by atoms with van der Waals surface area (Å²) >= 11 is 0. The molecule has 3 aromatic carbocycles. The van der Waals surface area contributed by atoms with Crippen molar-refractivity contribution in [3.63, 3.8) is 0 Å². The highest BCUT2D eigenvalue weighted by Gasteiger charge is 2.48. The Hall–Kier alpha value is -3.86. The average Bonchev–Trinajstić information content (AvgIpc) is 3.35. The van der Waals surface area contributed by atoms with E-state index in [1.165, 1.54) is 41.6 Å². The summed E-state index contributed by atoms with van der Waals surface area (Å²) in [6.45, 7) is 25.1. The standard InChI is InChI=1S/C44H57N3O2/c1-26(2)30-21-31(24-33(23-30)49-38-19-18-29-22-32(43(7,8)9)25-37(48)39(29)46-38)42-45-36-17-12-13-20-44(10,11)41(36)47(42)40-34(27(3)4)15-14-16-35(40)28(5)6/h14-16,18-19,21-28,36,41,48H,12-13,17,20H2,1-11H3/t36-,41-/m0/s1. The summed E-state index contributed by atoms with van der Waals surface area (Å²) in [5, 5.41) is 11.9. The number of fused-ring (bicyclic) bond motifs is 2. The molecule has 2 aliphatic rings. The normalized spacial score (nSPS) is 19.5. The van der Waals surface area contributed by atoms with Gasteiger partial charge in [0, 0.05) is 22.7 Å². The predicted molar refractivity (Wildman–Crippen MR) is 206 cm³/mol. The summed E-state index contributed by atoms with van der Waals surface area (Å²) in [7, 11) is 0. The van der Waals surface area contributed by atoms with Gasteiger partial charge in [-0.3, -0.25) is 4.99 Å². The smallest absolute Gasteiger partial charge is 0.219 e. The number of aromatic hydroxyl groups is 1. The third-order valence-corrected chi connectivity index (χ3v) is 10.8. The Labute approximate surface area is 294 Å². The van der Waals surface area contributed by atoms with Gasteiger partial charge in [-0.25, -0.2) is 4.98 Å². The molecule has 260 valence electrons. The monoisotopic (exact) mass is 659 g/mol. The number of anilines is 1. The fraction of sp³-hybridized carbons (Fsp3) is 0.500. The minimum absolute atomic E-state index is 0.0805. The number of amidine groups is 1. The molecule has 6 rings (SSSR count). The summed E-state index contributed by atoms with van der Waals surface area (Å²) in [5.41, 5.74) is 8.00. The number of rotatable bonds is 7. The average molecular weight is 660 g/mol. The van der Waals surface area contributed by atoms with Gasteiger partial charge in [-0.05, 0) is 100 Å². The molecule has 49 heavy (non-hydrogen) atoms. The van der Waals surface area contributed by atoms with Gasteiger partial charge in [0.05, 0.1) is 12.1 Å². The molecule has 0 saturated heterocycles. The van der Waals surface area contributed by atoms with Crippen LogP contribution in [0.5, 0.6) is 17.4 Å². The fourth-order valence-corrected chi connectivity index (χ4v) is 7.97. The number of hydrogen-bond acceptors (Lipinski definition) is 5. The summed E-state index contributed by atoms with van der Waals surface area (Å²) in [5.74, 6) is 3.45. The third-order valence-electron chi connectivity index (χ3n) is 10.8. The van der Waals surface area contributed by atoms with E-state index in [1.807, 2.05) is 18.2 Å². The Kier molecular flexibility index (Phi) is 9.36. The van der Waals surface area contributed by atoms with Crippen LogP contribution < -0.4 is 9.64 Å². The molecule has 0 spiro atoms. The van der Waals surface area contributed by atoms with Crippen molar-refractivity contribution in [1.82, 2.24) is 4.98 Å². The number of pyridine rings is 1. The molecular formula is C44H57N3O2. The van der Waals surface area contributed by atoms with E-state index in [4.69, 9.17) is 14.7 Å². The highest BCUT2D eigenvalue weighted by molar-refractivity contribution is 6.13. The number of aromatic nitrogens is 1. The zero-order valence-corrected chi connectivity index (χ0v) is 31.7. The number of benzene rings is 3. The molecule has 1 aromatic heterocycles. The van der Waals surface area contributed by atoms with Crippen LogP contribution in [0.15, 0.2) is 65.7 Å². The van der Waals surface area contributed by atoms with Crippen LogP contribution in [0.1, 0.15) is 147 Å². The summed E-state index contributed by atoms with van der Waals surface area (Å²) < 4.78 is 6.58. The van der Waals surface area contributed by atoms with Gasteiger partial charge >= 0.3 is 0 Å². The maximum Gasteiger partial charge on any atom is 0.219 e. The van der Waals surface area contributed by atoms with Crippen LogP contribution in [0.25, 0.3) is 10.9 Å². The Morgan fingerprint density at radius 1 is 0.857 bits per heavy atom. The predicted octanol–water partition coefficient (Wildman–Crippen LogP) is 12.0. The molecule has 1 fully saturated rings. The Balaban J connectivity index is 1.50. The van der Waals surface area contributed by atoms with Crippen LogP contribution in [-0.2, 0) is 5.41 Å². The van der Waals surface area contributed by atoms with Crippen molar-refractivity contribution in [3.8, 4) is 17.4 Å². The second-order valence-electron chi connectivity index (χ2n) is 17.2. The van der Waals surface area contributed by atoms with Crippen molar-refractivity contribution in [2.24, 2.45) is 10.4 Å². The highest BCUT2D eigenvalue weighted by Crippen LogP contribution is 2.48. The maximum atomic E-state index is 11.0. The van der Waals surface area contributed by atoms with Crippen LogP contribution >= 0.6 is 0 Å². The molecule has 1 N–H and O–H groups in total. The Morgan fingerprint density at radius 2 is 1.55 bits per heavy atom. The van der Waals surface area contributed by atoms with E-state index in [0.717, 1.165) is 34.5 Å². The molecule has 0 unspecified atom stereocenters. The van der Waals surface area contributed by atoms with Crippen LogP contribution in [-0.4, -0.2) is 28.0 Å². The first-order valence-corrected chi connectivity index (χ1v) is 18.5. The Morgan fingerprint density at radius 3 is 2.18 bits per heavy atom. The minimum atomic E-state index is -0.0805. The molecule has 4 aromatic rings. The SMILES string of the molecule is CC(C)c1cc(Oc2ccc3cc(C(C)(C)C)cc(O)c3n2)cc(C2=N[C@H]3CCCCC(C)(C)[C@H]3N2c2c(C(C)C)cccc2C(C)C)c1. The van der Waals surface area contributed by atoms with Crippen molar-refractivity contribution in [1.29, 1.82) is 0 Å². The zero-order valence-electron chi connectivity index (χ0n) is 31.7. The van der Waals surface area contributed by atoms with Crippen molar-refractivity contribution in [2.75, 3.05) is 4.90 Å². The molecule has 0 radical (unpaired) electrons. The first kappa shape index (κ1) is 35.0. The van der Waals surface area contributed by atoms with Crippen LogP contribution in [0.4, 0.5) is 5.69 Å². The molecule has 2 atom stereocenters. The molecule has 1 saturated carbocycles. The van der Waals surface area contributed by atoms with Gasteiger partial charge in [0.15, 0.2) is 0 Å². The number of hydrogen-bond donors (Lipinski definition) is 1. The van der Waals surface area contributed by atoms with E-state index in [9.17, 15) is 5.11 Å². The highest BCUT2D eigenvalue weighted by atomic mass is 16.5. The number of phenols is 1. The molecule has 1 aliphatic heterocycles. The maximum absolute atomic E-state index is 11.0. The lowest BCUT2D eigenvalue weighted by molar-refractivity contribution is 0.259. The van der Waals surface area contributed by atoms with Gasteiger partial charge in [0.2, 0.25) is 5.88 Å². The van der Waals surface area contributed by atoms with E-state index in [1.54, 1.807) is 0 Å². The Bertz CT molecular complexity index is 1850. The molecule has 2 heterocycles. The lowest BCUT2D eigenvalue weighted by Gasteiger charge is -2.43. The molecule has 5 nitrogen and oxygen atoms in total. The van der Waals surface area contributed by atoms with Crippen LogP contribution in [0.3, 0.4) is 0 Å². The number of nitrogens with zero attached hydrogens (tertiary/aromatic N) is 3. The quantitative estimate of drug-likeness (QED) is 0.214. The van der Waals surface area contributed by atoms with E-state index in [2.05, 4.69) is 124 Å². The molecule has 5 heteroatoms. The van der Waals surface area contributed by atoms with E-state index >= 15 is 0 Å². The molecular weight excluding hydrogens is 603 g/mol. The molecule has 1 aliphatic carbocycles. The molecule has 0 amide bonds. The molecule has 0 bridgehead atoms. The fourth-order valence-electron chi connectivity index (χ4n) is 7.97. The number of ether oxygens (including phenoxy) is 1. The van der Waals surface area contributed by atoms with Gasteiger partial charge in [0.1, 0.15) is 22.9 Å². The van der Waals surface area contributed by atoms with E-state index < -0.39 is 0 Å².